The number of nitrogens with zero attached hydrogens (tertiary/aromatic N) is 2. The zero-order valence-electron chi connectivity index (χ0n) is 18.2. The number of hydrogen-bond acceptors (Lipinski definition) is 5. The number of aryl methyl sites for hydroxylation is 1. The molecule has 2 aromatic carbocycles. The number of hydrogen-bond donors (Lipinski definition) is 1. The van der Waals surface area contributed by atoms with Crippen LogP contribution in [0.2, 0.25) is 5.02 Å². The van der Waals surface area contributed by atoms with Crippen LogP contribution in [0, 0.1) is 6.92 Å². The number of aromatic nitrogens is 1. The van der Waals surface area contributed by atoms with E-state index in [4.69, 9.17) is 16.1 Å². The molecule has 0 radical (unpaired) electrons. The van der Waals surface area contributed by atoms with Crippen molar-refractivity contribution in [1.29, 1.82) is 0 Å². The summed E-state index contributed by atoms with van der Waals surface area (Å²) in [4.78, 5) is 27.4. The fourth-order valence-corrected chi connectivity index (χ4v) is 3.91. The van der Waals surface area contributed by atoms with Crippen LogP contribution in [0.1, 0.15) is 49.3 Å². The summed E-state index contributed by atoms with van der Waals surface area (Å²) < 4.78 is 5.15. The molecule has 6 nitrogen and oxygen atoms in total. The lowest BCUT2D eigenvalue weighted by Gasteiger charge is -2.24. The van der Waals surface area contributed by atoms with Crippen molar-refractivity contribution in [2.24, 2.45) is 0 Å². The first-order valence-electron chi connectivity index (χ1n) is 10.2. The summed E-state index contributed by atoms with van der Waals surface area (Å²) in [7, 11) is 0. The van der Waals surface area contributed by atoms with Gasteiger partial charge in [0.05, 0.1) is 11.6 Å². The van der Waals surface area contributed by atoms with Gasteiger partial charge in [0.1, 0.15) is 11.5 Å². The molecule has 2 heterocycles. The van der Waals surface area contributed by atoms with E-state index in [2.05, 4.69) is 25.9 Å². The lowest BCUT2D eigenvalue weighted by molar-refractivity contribution is -0.132. The summed E-state index contributed by atoms with van der Waals surface area (Å²) in [6.45, 7) is 8.01. The van der Waals surface area contributed by atoms with Gasteiger partial charge in [-0.15, -0.1) is 0 Å². The van der Waals surface area contributed by atoms with Crippen molar-refractivity contribution in [3.8, 4) is 0 Å². The van der Waals surface area contributed by atoms with Gasteiger partial charge in [-0.25, -0.2) is 0 Å². The highest BCUT2D eigenvalue weighted by Gasteiger charge is 2.48. The number of ketones is 1. The lowest BCUT2D eigenvalue weighted by Crippen LogP contribution is -2.29. The van der Waals surface area contributed by atoms with E-state index >= 15 is 0 Å². The van der Waals surface area contributed by atoms with E-state index < -0.39 is 17.7 Å². The minimum atomic E-state index is -0.857. The van der Waals surface area contributed by atoms with Crippen LogP contribution in [0.15, 0.2) is 64.7 Å². The Morgan fingerprint density at radius 2 is 1.69 bits per heavy atom. The van der Waals surface area contributed by atoms with Gasteiger partial charge in [0.15, 0.2) is 5.82 Å². The van der Waals surface area contributed by atoms with Gasteiger partial charge >= 0.3 is 5.91 Å². The van der Waals surface area contributed by atoms with Crippen molar-refractivity contribution < 1.29 is 19.2 Å². The van der Waals surface area contributed by atoms with Crippen LogP contribution in [-0.4, -0.2) is 22.0 Å². The third kappa shape index (κ3) is 3.82. The summed E-state index contributed by atoms with van der Waals surface area (Å²) in [6.07, 6.45) is 0. The van der Waals surface area contributed by atoms with Crippen LogP contribution in [-0.2, 0) is 15.0 Å². The van der Waals surface area contributed by atoms with E-state index in [0.29, 0.717) is 21.9 Å². The Labute approximate surface area is 191 Å². The van der Waals surface area contributed by atoms with E-state index in [1.807, 2.05) is 24.3 Å². The minimum Gasteiger partial charge on any atom is -0.507 e. The summed E-state index contributed by atoms with van der Waals surface area (Å²) in [5.41, 5.74) is 2.09. The predicted molar refractivity (Wildman–Crippen MR) is 123 cm³/mol. The Kier molecular flexibility index (Phi) is 5.42. The number of halogens is 1. The number of amides is 1. The van der Waals surface area contributed by atoms with Crippen molar-refractivity contribution in [3.63, 3.8) is 0 Å². The zero-order chi connectivity index (χ0) is 23.2. The molecular formula is C25H23ClN2O4. The van der Waals surface area contributed by atoms with Crippen molar-refractivity contribution in [2.75, 3.05) is 4.90 Å². The van der Waals surface area contributed by atoms with E-state index in [-0.39, 0.29) is 22.6 Å². The highest BCUT2D eigenvalue weighted by molar-refractivity contribution is 6.51. The van der Waals surface area contributed by atoms with Gasteiger partial charge in [-0.3, -0.25) is 14.5 Å². The Morgan fingerprint density at radius 3 is 2.22 bits per heavy atom. The number of Topliss-reactive ketones (excluding diaryl/α,β-unsaturated/α-hetero) is 1. The Hall–Kier alpha value is -3.38. The fourth-order valence-electron chi connectivity index (χ4n) is 3.78. The van der Waals surface area contributed by atoms with Crippen LogP contribution in [0.3, 0.4) is 0 Å². The number of aliphatic hydroxyl groups is 1. The summed E-state index contributed by atoms with van der Waals surface area (Å²) in [5, 5.41) is 15.5. The predicted octanol–water partition coefficient (Wildman–Crippen LogP) is 5.56. The van der Waals surface area contributed by atoms with E-state index in [0.717, 1.165) is 5.56 Å². The Balaban J connectivity index is 1.91. The summed E-state index contributed by atoms with van der Waals surface area (Å²) >= 11 is 5.96. The maximum Gasteiger partial charge on any atom is 0.301 e. The molecule has 3 aromatic rings. The molecule has 0 spiro atoms. The molecule has 1 amide bonds. The van der Waals surface area contributed by atoms with Crippen LogP contribution in [0.5, 0.6) is 0 Å². The number of carbonyl (C=O) groups excluding carboxylic acids is 2. The second kappa shape index (κ2) is 7.95. The van der Waals surface area contributed by atoms with Crippen LogP contribution in [0.4, 0.5) is 5.82 Å². The first-order chi connectivity index (χ1) is 15.1. The standard InChI is InChI=1S/C25H23ClN2O4/c1-14-13-19(27-32-14)28-21(15-5-9-17(10-6-15)25(2,3)4)20(23(30)24(28)31)22(29)16-7-11-18(26)12-8-16/h5-13,21,29H,1-4H3/b22-20+/t21-/m0/s1. The highest BCUT2D eigenvalue weighted by Crippen LogP contribution is 2.42. The topological polar surface area (TPSA) is 83.6 Å². The van der Waals surface area contributed by atoms with Crippen LogP contribution >= 0.6 is 11.6 Å². The van der Waals surface area contributed by atoms with Gasteiger partial charge in [-0.05, 0) is 47.7 Å². The average molecular weight is 451 g/mol. The van der Waals surface area contributed by atoms with Crippen molar-refractivity contribution in [3.05, 3.63) is 87.6 Å². The van der Waals surface area contributed by atoms with E-state index in [1.54, 1.807) is 37.3 Å². The van der Waals surface area contributed by atoms with Gasteiger partial charge in [-0.1, -0.05) is 61.8 Å². The number of carbonyl (C=O) groups is 2. The molecule has 164 valence electrons. The highest BCUT2D eigenvalue weighted by atomic mass is 35.5. The van der Waals surface area contributed by atoms with Gasteiger partial charge < -0.3 is 9.63 Å². The van der Waals surface area contributed by atoms with Gasteiger partial charge in [0.2, 0.25) is 0 Å². The first-order valence-corrected chi connectivity index (χ1v) is 10.6. The third-order valence-corrected chi connectivity index (χ3v) is 5.77. The Morgan fingerprint density at radius 1 is 1.06 bits per heavy atom. The Bertz CT molecular complexity index is 1220. The van der Waals surface area contributed by atoms with Gasteiger partial charge in [-0.2, -0.15) is 0 Å². The van der Waals surface area contributed by atoms with Crippen molar-refractivity contribution >= 4 is 34.9 Å². The second-order valence-corrected chi connectivity index (χ2v) is 9.28. The van der Waals surface area contributed by atoms with Gasteiger partial charge in [0, 0.05) is 16.7 Å². The zero-order valence-corrected chi connectivity index (χ0v) is 19.0. The molecule has 0 saturated carbocycles. The quantitative estimate of drug-likeness (QED) is 0.321. The molecule has 1 aliphatic rings. The average Bonchev–Trinajstić information content (AvgIpc) is 3.28. The molecule has 1 atom stereocenters. The molecule has 1 N–H and O–H groups in total. The number of anilines is 1. The smallest absolute Gasteiger partial charge is 0.301 e. The van der Waals surface area contributed by atoms with Crippen LogP contribution < -0.4 is 4.90 Å². The number of aliphatic hydroxyl groups excluding tert-OH is 1. The SMILES string of the molecule is Cc1cc(N2C(=O)C(=O)/C(=C(/O)c3ccc(Cl)cc3)[C@@H]2c2ccc(C(C)(C)C)cc2)no1. The molecule has 0 aliphatic carbocycles. The van der Waals surface area contributed by atoms with Gasteiger partial charge in [0.25, 0.3) is 5.78 Å². The fraction of sp³-hybridized carbons (Fsp3) is 0.240. The molecule has 0 bridgehead atoms. The summed E-state index contributed by atoms with van der Waals surface area (Å²) in [5.74, 6) is -1.12. The maximum atomic E-state index is 13.1. The lowest BCUT2D eigenvalue weighted by atomic mass is 9.85. The van der Waals surface area contributed by atoms with E-state index in [1.165, 1.54) is 4.90 Å². The molecule has 1 aromatic heterocycles. The maximum absolute atomic E-state index is 13.1. The first kappa shape index (κ1) is 21.8. The molecule has 0 unspecified atom stereocenters. The molecule has 1 aliphatic heterocycles. The molecule has 1 fully saturated rings. The molecule has 32 heavy (non-hydrogen) atoms. The number of rotatable bonds is 3. The summed E-state index contributed by atoms with van der Waals surface area (Å²) in [6, 6.07) is 14.8. The van der Waals surface area contributed by atoms with E-state index in [9.17, 15) is 14.7 Å². The molecule has 1 saturated heterocycles. The minimum absolute atomic E-state index is 0.0125. The number of benzene rings is 2. The molecule has 7 heteroatoms. The van der Waals surface area contributed by atoms with Crippen LogP contribution in [0.25, 0.3) is 5.76 Å². The van der Waals surface area contributed by atoms with Crippen molar-refractivity contribution in [1.82, 2.24) is 5.16 Å². The monoisotopic (exact) mass is 450 g/mol. The third-order valence-electron chi connectivity index (χ3n) is 5.52. The molecular weight excluding hydrogens is 428 g/mol. The largest absolute Gasteiger partial charge is 0.507 e. The van der Waals surface area contributed by atoms with Crippen molar-refractivity contribution in [2.45, 2.75) is 39.2 Å². The second-order valence-electron chi connectivity index (χ2n) is 8.84. The normalized spacial score (nSPS) is 18.4. The molecule has 4 rings (SSSR count).